The summed E-state index contributed by atoms with van der Waals surface area (Å²) >= 11 is 1.08. The molecule has 142 valence electrons. The van der Waals surface area contributed by atoms with E-state index in [1.54, 1.807) is 5.38 Å². The molecule has 4 atom stereocenters. The van der Waals surface area contributed by atoms with E-state index in [0.717, 1.165) is 15.9 Å². The van der Waals surface area contributed by atoms with Crippen molar-refractivity contribution in [2.45, 2.75) is 24.5 Å². The summed E-state index contributed by atoms with van der Waals surface area (Å²) in [5.41, 5.74) is -0.181. The number of ether oxygens (including phenoxy) is 1. The van der Waals surface area contributed by atoms with E-state index in [0.29, 0.717) is 11.1 Å². The highest BCUT2D eigenvalue weighted by Crippen LogP contribution is 2.36. The highest BCUT2D eigenvalue weighted by molar-refractivity contribution is 7.17. The second-order valence-corrected chi connectivity index (χ2v) is 7.07. The van der Waals surface area contributed by atoms with Gasteiger partial charge in [-0.25, -0.2) is 9.18 Å². The number of halogens is 1. The molecule has 1 aliphatic rings. The molecule has 3 heterocycles. The van der Waals surface area contributed by atoms with Gasteiger partial charge < -0.3 is 20.1 Å². The fourth-order valence-corrected chi connectivity index (χ4v) is 4.20. The summed E-state index contributed by atoms with van der Waals surface area (Å²) in [4.78, 5) is 26.9. The normalized spacial score (nSPS) is 25.3. The molecule has 4 N–H and O–H groups in total. The number of aromatic nitrogens is 2. The van der Waals surface area contributed by atoms with Crippen LogP contribution >= 0.6 is 11.3 Å². The third-order valence-electron chi connectivity index (χ3n) is 4.58. The lowest BCUT2D eigenvalue weighted by Crippen LogP contribution is -2.38. The molecule has 2 aromatic heterocycles. The predicted octanol–water partition coefficient (Wildman–Crippen LogP) is 0.169. The maximum absolute atomic E-state index is 13.3. The Bertz CT molecular complexity index is 1110. The molecule has 27 heavy (non-hydrogen) atoms. The van der Waals surface area contributed by atoms with Crippen LogP contribution in [0.4, 0.5) is 4.39 Å². The van der Waals surface area contributed by atoms with E-state index in [9.17, 15) is 29.3 Å². The van der Waals surface area contributed by atoms with Crippen LogP contribution in [0.25, 0.3) is 21.3 Å². The molecule has 4 rings (SSSR count). The molecule has 0 spiro atoms. The standard InChI is InChI=1S/C17H15FN2O6S/c18-8-3-1-7(2-4-8)9-6-27-14-11(9)20(17(25)19-15(14)24)16-13(23)12(22)10(5-21)26-16/h1-4,6,10,12-13,16,21-23H,5H2,(H,19,24,25)/t10-,12-,13-,16-/m1/s1. The molecule has 0 unspecified atom stereocenters. The average molecular weight is 394 g/mol. The van der Waals surface area contributed by atoms with Gasteiger partial charge in [0.1, 0.15) is 28.8 Å². The van der Waals surface area contributed by atoms with Crippen LogP contribution < -0.4 is 11.2 Å². The lowest BCUT2D eigenvalue weighted by Gasteiger charge is -2.19. The van der Waals surface area contributed by atoms with E-state index >= 15 is 0 Å². The van der Waals surface area contributed by atoms with Gasteiger partial charge in [-0.15, -0.1) is 11.3 Å². The molecule has 1 aliphatic heterocycles. The van der Waals surface area contributed by atoms with Crippen molar-refractivity contribution >= 4 is 21.6 Å². The number of aliphatic hydroxyl groups excluding tert-OH is 3. The Kier molecular flexibility index (Phi) is 4.44. The minimum Gasteiger partial charge on any atom is -0.394 e. The predicted molar refractivity (Wildman–Crippen MR) is 95.1 cm³/mol. The largest absolute Gasteiger partial charge is 0.394 e. The summed E-state index contributed by atoms with van der Waals surface area (Å²) in [5.74, 6) is -0.433. The second kappa shape index (κ2) is 6.66. The van der Waals surface area contributed by atoms with E-state index in [2.05, 4.69) is 4.98 Å². The molecule has 1 saturated heterocycles. The molecule has 0 aliphatic carbocycles. The van der Waals surface area contributed by atoms with Crippen LogP contribution in [0.2, 0.25) is 0 Å². The Morgan fingerprint density at radius 3 is 2.52 bits per heavy atom. The Morgan fingerprint density at radius 2 is 1.89 bits per heavy atom. The monoisotopic (exact) mass is 394 g/mol. The summed E-state index contributed by atoms with van der Waals surface area (Å²) in [6, 6.07) is 5.51. The first-order chi connectivity index (χ1) is 12.9. The minimum atomic E-state index is -1.49. The van der Waals surface area contributed by atoms with Gasteiger partial charge in [-0.1, -0.05) is 12.1 Å². The maximum atomic E-state index is 13.3. The van der Waals surface area contributed by atoms with Gasteiger partial charge in [0.2, 0.25) is 0 Å². The van der Waals surface area contributed by atoms with Gasteiger partial charge in [0.05, 0.1) is 12.1 Å². The van der Waals surface area contributed by atoms with Gasteiger partial charge in [-0.05, 0) is 17.7 Å². The van der Waals surface area contributed by atoms with Gasteiger partial charge >= 0.3 is 5.69 Å². The van der Waals surface area contributed by atoms with E-state index in [4.69, 9.17) is 4.74 Å². The van der Waals surface area contributed by atoms with E-state index < -0.39 is 48.2 Å². The Morgan fingerprint density at radius 1 is 1.19 bits per heavy atom. The van der Waals surface area contributed by atoms with Crippen molar-refractivity contribution < 1.29 is 24.4 Å². The van der Waals surface area contributed by atoms with Crippen molar-refractivity contribution in [3.05, 3.63) is 56.3 Å². The fraction of sp³-hybridized carbons (Fsp3) is 0.294. The zero-order valence-corrected chi connectivity index (χ0v) is 14.5. The van der Waals surface area contributed by atoms with Crippen LogP contribution in [-0.2, 0) is 4.74 Å². The lowest BCUT2D eigenvalue weighted by atomic mass is 10.1. The summed E-state index contributed by atoms with van der Waals surface area (Å²) in [6.45, 7) is -0.551. The number of fused-ring (bicyclic) bond motifs is 1. The number of thiophene rings is 1. The Labute approximate surface area is 154 Å². The van der Waals surface area contributed by atoms with Crippen LogP contribution in [-0.4, -0.2) is 49.8 Å². The first-order valence-corrected chi connectivity index (χ1v) is 8.94. The number of aromatic amines is 1. The van der Waals surface area contributed by atoms with Gasteiger partial charge in [-0.2, -0.15) is 0 Å². The molecule has 10 heteroatoms. The topological polar surface area (TPSA) is 125 Å². The minimum absolute atomic E-state index is 0.204. The van der Waals surface area contributed by atoms with Crippen LogP contribution in [0.15, 0.2) is 39.2 Å². The van der Waals surface area contributed by atoms with E-state index in [-0.39, 0.29) is 10.2 Å². The van der Waals surface area contributed by atoms with Crippen LogP contribution in [0, 0.1) is 5.82 Å². The van der Waals surface area contributed by atoms with Crippen molar-refractivity contribution in [2.24, 2.45) is 0 Å². The molecule has 0 saturated carbocycles. The Balaban J connectivity index is 1.98. The van der Waals surface area contributed by atoms with E-state index in [1.807, 2.05) is 0 Å². The van der Waals surface area contributed by atoms with Crippen molar-refractivity contribution in [3.8, 4) is 11.1 Å². The number of H-pyrrole nitrogens is 1. The maximum Gasteiger partial charge on any atom is 0.331 e. The number of aliphatic hydroxyl groups is 3. The molecule has 0 radical (unpaired) electrons. The Hall–Kier alpha value is -2.37. The average Bonchev–Trinajstić information content (AvgIpc) is 3.20. The third kappa shape index (κ3) is 2.82. The van der Waals surface area contributed by atoms with Crippen LogP contribution in [0.1, 0.15) is 6.23 Å². The quantitative estimate of drug-likeness (QED) is 0.502. The molecular weight excluding hydrogens is 379 g/mol. The molecule has 1 aromatic carbocycles. The molecule has 1 fully saturated rings. The lowest BCUT2D eigenvalue weighted by molar-refractivity contribution is -0.0527. The molecular formula is C17H15FN2O6S. The number of nitrogens with one attached hydrogen (secondary N) is 1. The molecule has 8 nitrogen and oxygen atoms in total. The number of rotatable bonds is 3. The van der Waals surface area contributed by atoms with Crippen molar-refractivity contribution in [3.63, 3.8) is 0 Å². The fourth-order valence-electron chi connectivity index (χ4n) is 3.24. The highest BCUT2D eigenvalue weighted by Gasteiger charge is 2.44. The van der Waals surface area contributed by atoms with Crippen molar-refractivity contribution in [1.29, 1.82) is 0 Å². The number of benzene rings is 1. The first-order valence-electron chi connectivity index (χ1n) is 8.06. The highest BCUT2D eigenvalue weighted by atomic mass is 32.1. The summed E-state index contributed by atoms with van der Waals surface area (Å²) in [5, 5.41) is 31.3. The first kappa shape index (κ1) is 18.0. The molecule has 0 amide bonds. The smallest absolute Gasteiger partial charge is 0.331 e. The molecule has 0 bridgehead atoms. The second-order valence-electron chi connectivity index (χ2n) is 6.19. The summed E-state index contributed by atoms with van der Waals surface area (Å²) in [6.07, 6.45) is -5.28. The zero-order valence-electron chi connectivity index (χ0n) is 13.7. The van der Waals surface area contributed by atoms with Crippen LogP contribution in [0.5, 0.6) is 0 Å². The van der Waals surface area contributed by atoms with Gasteiger partial charge in [0, 0.05) is 10.9 Å². The van der Waals surface area contributed by atoms with Crippen molar-refractivity contribution in [1.82, 2.24) is 9.55 Å². The van der Waals surface area contributed by atoms with Gasteiger partial charge in [-0.3, -0.25) is 14.3 Å². The van der Waals surface area contributed by atoms with Crippen LogP contribution in [0.3, 0.4) is 0 Å². The number of nitrogens with zero attached hydrogens (tertiary/aromatic N) is 1. The zero-order chi connectivity index (χ0) is 19.3. The number of hydrogen-bond acceptors (Lipinski definition) is 7. The van der Waals surface area contributed by atoms with E-state index in [1.165, 1.54) is 24.3 Å². The summed E-state index contributed by atoms with van der Waals surface area (Å²) in [7, 11) is 0. The van der Waals surface area contributed by atoms with Gasteiger partial charge in [0.15, 0.2) is 6.23 Å². The third-order valence-corrected chi connectivity index (χ3v) is 5.55. The van der Waals surface area contributed by atoms with Gasteiger partial charge in [0.25, 0.3) is 5.56 Å². The SMILES string of the molecule is O=c1[nH]c(=O)n([C@@H]2O[C@H](CO)[C@@H](O)[C@H]2O)c2c(-c3ccc(F)cc3)csc12. The number of hydrogen-bond donors (Lipinski definition) is 4. The summed E-state index contributed by atoms with van der Waals surface area (Å²) < 4.78 is 20.0. The molecule has 3 aromatic rings. The van der Waals surface area contributed by atoms with Crippen molar-refractivity contribution in [2.75, 3.05) is 6.61 Å².